The van der Waals surface area contributed by atoms with E-state index in [9.17, 15) is 5.11 Å². The maximum atomic E-state index is 9.31. The lowest BCUT2D eigenvalue weighted by Gasteiger charge is -1.95. The number of hydrogen-bond acceptors (Lipinski definition) is 2. The minimum Gasteiger partial charge on any atom is -0.507 e. The number of rotatable bonds is 3. The molecule has 4 heteroatoms. The van der Waals surface area contributed by atoms with Gasteiger partial charge in [0.05, 0.1) is 0 Å². The zero-order chi connectivity index (χ0) is 9.52. The van der Waals surface area contributed by atoms with Gasteiger partial charge < -0.3 is 5.11 Å². The van der Waals surface area contributed by atoms with E-state index < -0.39 is 0 Å². The molecule has 0 aromatic heterocycles. The molecule has 0 heterocycles. The molecule has 1 aromatic rings. The van der Waals surface area contributed by atoms with Crippen LogP contribution >= 0.6 is 0 Å². The predicted molar refractivity (Wildman–Crippen MR) is 51.2 cm³/mol. The van der Waals surface area contributed by atoms with Crippen LogP contribution in [0.1, 0.15) is 5.56 Å². The van der Waals surface area contributed by atoms with E-state index in [1.54, 1.807) is 30.4 Å². The summed E-state index contributed by atoms with van der Waals surface area (Å²) >= 11 is 0. The van der Waals surface area contributed by atoms with Crippen LogP contribution in [0.5, 0.6) is 5.75 Å². The first kappa shape index (κ1) is 9.16. The molecule has 1 aromatic carbocycles. The Kier molecular flexibility index (Phi) is 3.42. The van der Waals surface area contributed by atoms with Crippen LogP contribution in [0, 0.1) is 0 Å². The number of azide groups is 1. The Bertz CT molecular complexity index is 354. The summed E-state index contributed by atoms with van der Waals surface area (Å²) in [7, 11) is 0. The second-order valence-electron chi connectivity index (χ2n) is 2.37. The second-order valence-corrected chi connectivity index (χ2v) is 2.37. The third-order valence-corrected chi connectivity index (χ3v) is 1.48. The molecule has 0 fully saturated rings. The number of phenols is 1. The quantitative estimate of drug-likeness (QED) is 0.428. The van der Waals surface area contributed by atoms with Gasteiger partial charge in [-0.2, -0.15) is 0 Å². The van der Waals surface area contributed by atoms with Gasteiger partial charge in [0.1, 0.15) is 5.75 Å². The van der Waals surface area contributed by atoms with Crippen molar-refractivity contribution in [3.8, 4) is 5.75 Å². The smallest absolute Gasteiger partial charge is 0.122 e. The van der Waals surface area contributed by atoms with Crippen LogP contribution in [-0.2, 0) is 0 Å². The minimum atomic E-state index is 0.222. The van der Waals surface area contributed by atoms with Gasteiger partial charge >= 0.3 is 0 Å². The van der Waals surface area contributed by atoms with Crippen LogP contribution in [0.4, 0.5) is 0 Å². The van der Waals surface area contributed by atoms with Crippen molar-refractivity contribution < 1.29 is 5.11 Å². The van der Waals surface area contributed by atoms with E-state index in [2.05, 4.69) is 10.0 Å². The molecule has 0 amide bonds. The lowest BCUT2D eigenvalue weighted by molar-refractivity contribution is 0.474. The number of aromatic hydroxyl groups is 1. The van der Waals surface area contributed by atoms with E-state index in [0.717, 1.165) is 5.56 Å². The van der Waals surface area contributed by atoms with Gasteiger partial charge in [-0.3, -0.25) is 0 Å². The summed E-state index contributed by atoms with van der Waals surface area (Å²) in [6.07, 6.45) is 3.40. The Morgan fingerprint density at radius 1 is 1.46 bits per heavy atom. The molecule has 0 unspecified atom stereocenters. The van der Waals surface area contributed by atoms with Crippen LogP contribution in [0.25, 0.3) is 16.5 Å². The largest absolute Gasteiger partial charge is 0.507 e. The van der Waals surface area contributed by atoms with Crippen molar-refractivity contribution in [1.29, 1.82) is 0 Å². The van der Waals surface area contributed by atoms with Crippen LogP contribution < -0.4 is 0 Å². The fraction of sp³-hybridized carbons (Fsp3) is 0.111. The fourth-order valence-electron chi connectivity index (χ4n) is 0.892. The molecule has 0 aliphatic rings. The first-order valence-electron chi connectivity index (χ1n) is 3.80. The van der Waals surface area contributed by atoms with E-state index in [-0.39, 0.29) is 5.75 Å². The van der Waals surface area contributed by atoms with E-state index in [0.29, 0.717) is 6.54 Å². The first-order valence-corrected chi connectivity index (χ1v) is 3.80. The van der Waals surface area contributed by atoms with E-state index in [1.165, 1.54) is 0 Å². The minimum absolute atomic E-state index is 0.222. The molecule has 0 saturated heterocycles. The maximum absolute atomic E-state index is 9.31. The maximum Gasteiger partial charge on any atom is 0.122 e. The van der Waals surface area contributed by atoms with E-state index in [4.69, 9.17) is 5.53 Å². The number of phenolic OH excluding ortho intramolecular Hbond substituents is 1. The molecule has 13 heavy (non-hydrogen) atoms. The molecule has 1 rings (SSSR count). The Morgan fingerprint density at radius 2 is 2.23 bits per heavy atom. The lowest BCUT2D eigenvalue weighted by atomic mass is 10.2. The average Bonchev–Trinajstić information content (AvgIpc) is 2.15. The average molecular weight is 175 g/mol. The van der Waals surface area contributed by atoms with Gasteiger partial charge in [0.25, 0.3) is 0 Å². The lowest BCUT2D eigenvalue weighted by Crippen LogP contribution is -1.73. The molecule has 0 aliphatic carbocycles. The highest BCUT2D eigenvalue weighted by Crippen LogP contribution is 2.16. The first-order chi connectivity index (χ1) is 6.34. The highest BCUT2D eigenvalue weighted by Gasteiger charge is 1.91. The van der Waals surface area contributed by atoms with Crippen molar-refractivity contribution in [2.45, 2.75) is 0 Å². The van der Waals surface area contributed by atoms with Gasteiger partial charge in [0.2, 0.25) is 0 Å². The molecule has 1 N–H and O–H groups in total. The highest BCUT2D eigenvalue weighted by molar-refractivity contribution is 5.56. The third-order valence-electron chi connectivity index (χ3n) is 1.48. The normalized spacial score (nSPS) is 9.85. The number of benzene rings is 1. The Balaban J connectivity index is 2.68. The SMILES string of the molecule is [N-]=[N+]=NCC=Cc1ccccc1O. The van der Waals surface area contributed by atoms with Gasteiger partial charge in [-0.1, -0.05) is 35.5 Å². The van der Waals surface area contributed by atoms with E-state index >= 15 is 0 Å². The number of para-hydroxylation sites is 1. The van der Waals surface area contributed by atoms with Gasteiger partial charge in [-0.25, -0.2) is 0 Å². The Morgan fingerprint density at radius 3 is 2.92 bits per heavy atom. The standard InChI is InChI=1S/C9H9N3O/c10-12-11-7-3-5-8-4-1-2-6-9(8)13/h1-6,13H,7H2. The van der Waals surface area contributed by atoms with Crippen molar-refractivity contribution in [1.82, 2.24) is 0 Å². The van der Waals surface area contributed by atoms with Crippen LogP contribution in [0.2, 0.25) is 0 Å². The van der Waals surface area contributed by atoms with Crippen molar-refractivity contribution in [3.63, 3.8) is 0 Å². The molecule has 0 aliphatic heterocycles. The summed E-state index contributed by atoms with van der Waals surface area (Å²) in [5.74, 6) is 0.222. The van der Waals surface area contributed by atoms with Gasteiger partial charge in [0, 0.05) is 17.0 Å². The summed E-state index contributed by atoms with van der Waals surface area (Å²) in [6.45, 7) is 0.296. The van der Waals surface area contributed by atoms with Crippen LogP contribution in [-0.4, -0.2) is 11.7 Å². The summed E-state index contributed by atoms with van der Waals surface area (Å²) in [5, 5.41) is 12.6. The molecule has 0 atom stereocenters. The van der Waals surface area contributed by atoms with Crippen LogP contribution in [0.15, 0.2) is 35.5 Å². The molecular formula is C9H9N3O. The summed E-state index contributed by atoms with van der Waals surface area (Å²) in [6, 6.07) is 6.96. The predicted octanol–water partition coefficient (Wildman–Crippen LogP) is 2.72. The summed E-state index contributed by atoms with van der Waals surface area (Å²) in [4.78, 5) is 2.60. The highest BCUT2D eigenvalue weighted by atomic mass is 16.3. The van der Waals surface area contributed by atoms with Gasteiger partial charge in [-0.05, 0) is 11.6 Å². The number of nitrogens with zero attached hydrogens (tertiary/aromatic N) is 3. The van der Waals surface area contributed by atoms with Gasteiger partial charge in [-0.15, -0.1) is 0 Å². The zero-order valence-corrected chi connectivity index (χ0v) is 6.96. The molecule has 0 spiro atoms. The third kappa shape index (κ3) is 2.89. The Labute approximate surface area is 75.8 Å². The monoisotopic (exact) mass is 175 g/mol. The van der Waals surface area contributed by atoms with Crippen molar-refractivity contribution in [2.24, 2.45) is 5.11 Å². The van der Waals surface area contributed by atoms with Crippen molar-refractivity contribution >= 4 is 6.08 Å². The summed E-state index contributed by atoms with van der Waals surface area (Å²) in [5.41, 5.74) is 8.71. The molecule has 0 radical (unpaired) electrons. The Hall–Kier alpha value is -1.93. The van der Waals surface area contributed by atoms with E-state index in [1.807, 2.05) is 6.07 Å². The zero-order valence-electron chi connectivity index (χ0n) is 6.96. The van der Waals surface area contributed by atoms with Gasteiger partial charge in [0.15, 0.2) is 0 Å². The van der Waals surface area contributed by atoms with Crippen LogP contribution in [0.3, 0.4) is 0 Å². The molecule has 66 valence electrons. The second kappa shape index (κ2) is 4.85. The van der Waals surface area contributed by atoms with Crippen molar-refractivity contribution in [2.75, 3.05) is 6.54 Å². The molecular weight excluding hydrogens is 166 g/mol. The van der Waals surface area contributed by atoms with Crippen molar-refractivity contribution in [3.05, 3.63) is 46.3 Å². The number of hydrogen-bond donors (Lipinski definition) is 1. The molecule has 0 bridgehead atoms. The molecule has 4 nitrogen and oxygen atoms in total. The summed E-state index contributed by atoms with van der Waals surface area (Å²) < 4.78 is 0. The fourth-order valence-corrected chi connectivity index (χ4v) is 0.892. The molecule has 0 saturated carbocycles. The topological polar surface area (TPSA) is 69.0 Å².